The molecule has 4 heteroatoms. The van der Waals surface area contributed by atoms with Crippen LogP contribution in [0.2, 0.25) is 0 Å². The predicted molar refractivity (Wildman–Crippen MR) is 76.6 cm³/mol. The lowest BCUT2D eigenvalue weighted by molar-refractivity contribution is -0.138. The number of carbonyl (C=O) groups is 2. The van der Waals surface area contributed by atoms with Gasteiger partial charge in [0.1, 0.15) is 0 Å². The quantitative estimate of drug-likeness (QED) is 0.477. The van der Waals surface area contributed by atoms with Crippen molar-refractivity contribution in [1.29, 1.82) is 0 Å². The van der Waals surface area contributed by atoms with E-state index in [0.717, 1.165) is 18.6 Å². The van der Waals surface area contributed by atoms with Gasteiger partial charge < -0.3 is 0 Å². The zero-order chi connectivity index (χ0) is 13.4. The van der Waals surface area contributed by atoms with Gasteiger partial charge >= 0.3 is 0 Å². The van der Waals surface area contributed by atoms with Gasteiger partial charge in [0.25, 0.3) is 0 Å². The van der Waals surface area contributed by atoms with E-state index in [9.17, 15) is 9.59 Å². The molecule has 0 aromatic heterocycles. The third kappa shape index (κ3) is 4.63. The Morgan fingerprint density at radius 3 is 2.50 bits per heavy atom. The van der Waals surface area contributed by atoms with E-state index in [0.29, 0.717) is 13.0 Å². The monoisotopic (exact) mass is 271 g/mol. The van der Waals surface area contributed by atoms with Crippen LogP contribution in [0.3, 0.4) is 0 Å². The highest BCUT2D eigenvalue weighted by molar-refractivity contribution is 8.00. The molecule has 0 saturated carbocycles. The Bertz CT molecular complexity index is 281. The van der Waals surface area contributed by atoms with E-state index in [-0.39, 0.29) is 17.1 Å². The average Bonchev–Trinajstić information content (AvgIpc) is 2.62. The summed E-state index contributed by atoms with van der Waals surface area (Å²) in [6.07, 6.45) is 7.52. The summed E-state index contributed by atoms with van der Waals surface area (Å²) >= 11 is 1.67. The highest BCUT2D eigenvalue weighted by atomic mass is 32.2. The molecular weight excluding hydrogens is 246 g/mol. The molecule has 0 aromatic rings. The summed E-state index contributed by atoms with van der Waals surface area (Å²) in [4.78, 5) is 25.0. The molecule has 104 valence electrons. The third-order valence-electron chi connectivity index (χ3n) is 3.22. The molecule has 1 aliphatic heterocycles. The van der Waals surface area contributed by atoms with Gasteiger partial charge in [-0.25, -0.2) is 0 Å². The molecule has 1 atom stereocenters. The zero-order valence-corrected chi connectivity index (χ0v) is 12.4. The van der Waals surface area contributed by atoms with Crippen LogP contribution < -0.4 is 0 Å². The maximum atomic E-state index is 12.0. The lowest BCUT2D eigenvalue weighted by atomic mass is 10.2. The number of hydrogen-bond acceptors (Lipinski definition) is 3. The van der Waals surface area contributed by atoms with Crippen LogP contribution in [0.25, 0.3) is 0 Å². The van der Waals surface area contributed by atoms with E-state index in [1.165, 1.54) is 30.6 Å². The van der Waals surface area contributed by atoms with Crippen molar-refractivity contribution < 1.29 is 9.59 Å². The van der Waals surface area contributed by atoms with E-state index >= 15 is 0 Å². The Morgan fingerprint density at radius 1 is 1.11 bits per heavy atom. The van der Waals surface area contributed by atoms with Crippen molar-refractivity contribution in [3.05, 3.63) is 0 Å². The van der Waals surface area contributed by atoms with Crippen molar-refractivity contribution in [3.63, 3.8) is 0 Å². The van der Waals surface area contributed by atoms with Gasteiger partial charge in [0, 0.05) is 13.0 Å². The average molecular weight is 271 g/mol. The van der Waals surface area contributed by atoms with Crippen LogP contribution in [0.15, 0.2) is 0 Å². The minimum absolute atomic E-state index is 0.0188. The Morgan fingerprint density at radius 2 is 1.83 bits per heavy atom. The molecule has 1 unspecified atom stereocenters. The summed E-state index contributed by atoms with van der Waals surface area (Å²) < 4.78 is 0. The molecule has 0 N–H and O–H groups in total. The van der Waals surface area contributed by atoms with Gasteiger partial charge in [0.15, 0.2) is 0 Å². The topological polar surface area (TPSA) is 37.4 Å². The summed E-state index contributed by atoms with van der Waals surface area (Å²) in [7, 11) is 0. The fraction of sp³-hybridized carbons (Fsp3) is 0.857. The van der Waals surface area contributed by atoms with E-state index in [1.807, 2.05) is 6.92 Å². The number of thioether (sulfide) groups is 1. The first kappa shape index (κ1) is 15.5. The molecule has 1 saturated heterocycles. The van der Waals surface area contributed by atoms with Crippen molar-refractivity contribution in [3.8, 4) is 0 Å². The lowest BCUT2D eigenvalue weighted by Gasteiger charge is -2.13. The largest absolute Gasteiger partial charge is 0.282 e. The Kier molecular flexibility index (Phi) is 7.40. The second-order valence-corrected chi connectivity index (χ2v) is 6.17. The first-order valence-corrected chi connectivity index (χ1v) is 8.21. The number of rotatable bonds is 9. The number of nitrogens with zero attached hydrogens (tertiary/aromatic N) is 1. The highest BCUT2D eigenvalue weighted by Crippen LogP contribution is 2.26. The zero-order valence-electron chi connectivity index (χ0n) is 11.6. The van der Waals surface area contributed by atoms with Gasteiger partial charge in [-0.2, -0.15) is 0 Å². The number of amides is 2. The Balaban J connectivity index is 2.19. The van der Waals surface area contributed by atoms with Gasteiger partial charge in [0.05, 0.1) is 5.25 Å². The van der Waals surface area contributed by atoms with Gasteiger partial charge in [-0.1, -0.05) is 39.5 Å². The molecule has 0 aromatic carbocycles. The number of likely N-dealkylation sites (tertiary alicyclic amines) is 1. The third-order valence-corrected chi connectivity index (χ3v) is 4.51. The van der Waals surface area contributed by atoms with Gasteiger partial charge in [-0.3, -0.25) is 14.5 Å². The standard InChI is InChI=1S/C14H25NO2S/c1-3-5-6-7-8-10-18-12-11-13(16)15(9-4-2)14(12)17/h12H,3-11H2,1-2H3. The summed E-state index contributed by atoms with van der Waals surface area (Å²) in [6.45, 7) is 4.79. The number of unbranched alkanes of at least 4 members (excludes halogenated alkanes) is 4. The minimum atomic E-state index is -0.102. The summed E-state index contributed by atoms with van der Waals surface area (Å²) in [5, 5.41) is -0.102. The molecule has 1 fully saturated rings. The lowest BCUT2D eigenvalue weighted by Crippen LogP contribution is -2.31. The summed E-state index contributed by atoms with van der Waals surface area (Å²) in [6, 6.07) is 0. The molecule has 1 rings (SSSR count). The molecule has 0 bridgehead atoms. The molecule has 3 nitrogen and oxygen atoms in total. The molecule has 0 radical (unpaired) electrons. The fourth-order valence-corrected chi connectivity index (χ4v) is 3.36. The van der Waals surface area contributed by atoms with E-state index < -0.39 is 0 Å². The first-order chi connectivity index (χ1) is 8.70. The van der Waals surface area contributed by atoms with Crippen LogP contribution in [0, 0.1) is 0 Å². The van der Waals surface area contributed by atoms with Crippen LogP contribution in [-0.4, -0.2) is 34.3 Å². The first-order valence-electron chi connectivity index (χ1n) is 7.16. The predicted octanol–water partition coefficient (Wildman–Crippen LogP) is 3.23. The van der Waals surface area contributed by atoms with Crippen molar-refractivity contribution in [2.24, 2.45) is 0 Å². The SMILES string of the molecule is CCCCCCCSC1CC(=O)N(CCC)C1=O. The van der Waals surface area contributed by atoms with Crippen molar-refractivity contribution in [1.82, 2.24) is 4.90 Å². The molecule has 2 amide bonds. The maximum absolute atomic E-state index is 12.0. The number of hydrogen-bond donors (Lipinski definition) is 0. The van der Waals surface area contributed by atoms with Crippen LogP contribution >= 0.6 is 11.8 Å². The maximum Gasteiger partial charge on any atom is 0.242 e. The second kappa shape index (κ2) is 8.57. The molecule has 18 heavy (non-hydrogen) atoms. The van der Waals surface area contributed by atoms with Gasteiger partial charge in [-0.05, 0) is 18.6 Å². The summed E-state index contributed by atoms with van der Waals surface area (Å²) in [5.41, 5.74) is 0. The van der Waals surface area contributed by atoms with Gasteiger partial charge in [0.2, 0.25) is 11.8 Å². The smallest absolute Gasteiger partial charge is 0.242 e. The molecule has 0 spiro atoms. The van der Waals surface area contributed by atoms with Crippen LogP contribution in [-0.2, 0) is 9.59 Å². The van der Waals surface area contributed by atoms with Crippen LogP contribution in [0.4, 0.5) is 0 Å². The van der Waals surface area contributed by atoms with E-state index in [2.05, 4.69) is 6.92 Å². The van der Waals surface area contributed by atoms with Gasteiger partial charge in [-0.15, -0.1) is 11.8 Å². The van der Waals surface area contributed by atoms with Crippen molar-refractivity contribution in [2.75, 3.05) is 12.3 Å². The normalized spacial score (nSPS) is 19.9. The van der Waals surface area contributed by atoms with Crippen molar-refractivity contribution >= 4 is 23.6 Å². The Labute approximate surface area is 115 Å². The van der Waals surface area contributed by atoms with Crippen LogP contribution in [0.5, 0.6) is 0 Å². The molecular formula is C14H25NO2S. The molecule has 1 aliphatic rings. The summed E-state index contributed by atoms with van der Waals surface area (Å²) in [5.74, 6) is 1.07. The van der Waals surface area contributed by atoms with E-state index in [1.54, 1.807) is 11.8 Å². The highest BCUT2D eigenvalue weighted by Gasteiger charge is 2.37. The fourth-order valence-electron chi connectivity index (χ4n) is 2.17. The number of imide groups is 1. The Hall–Kier alpha value is -0.510. The van der Waals surface area contributed by atoms with E-state index in [4.69, 9.17) is 0 Å². The molecule has 1 heterocycles. The van der Waals surface area contributed by atoms with Crippen LogP contribution in [0.1, 0.15) is 58.8 Å². The van der Waals surface area contributed by atoms with Crippen molar-refractivity contribution in [2.45, 2.75) is 64.0 Å². The minimum Gasteiger partial charge on any atom is -0.282 e. The second-order valence-electron chi connectivity index (χ2n) is 4.86. The number of carbonyl (C=O) groups excluding carboxylic acids is 2. The molecule has 0 aliphatic carbocycles.